The Morgan fingerprint density at radius 2 is 2.04 bits per heavy atom. The molecule has 0 bridgehead atoms. The second kappa shape index (κ2) is 7.97. The van der Waals surface area contributed by atoms with Crippen LogP contribution in [-0.4, -0.2) is 37.7 Å². The van der Waals surface area contributed by atoms with E-state index in [1.807, 2.05) is 43.3 Å². The number of amides is 1. The summed E-state index contributed by atoms with van der Waals surface area (Å²) in [6.45, 7) is 2.55. The molecule has 3 heterocycles. The summed E-state index contributed by atoms with van der Waals surface area (Å²) >= 11 is 1.39. The molecule has 2 N–H and O–H groups in total. The number of benzene rings is 1. The highest BCUT2D eigenvalue weighted by Crippen LogP contribution is 2.26. The van der Waals surface area contributed by atoms with Gasteiger partial charge in [0.1, 0.15) is 22.1 Å². The fraction of sp³-hybridized carbons (Fsp3) is 0.105. The Hall–Kier alpha value is -3.59. The van der Waals surface area contributed by atoms with E-state index in [4.69, 9.17) is 4.74 Å². The van der Waals surface area contributed by atoms with Crippen molar-refractivity contribution in [3.05, 3.63) is 59.7 Å². The van der Waals surface area contributed by atoms with Gasteiger partial charge in [-0.3, -0.25) is 20.2 Å². The summed E-state index contributed by atoms with van der Waals surface area (Å²) < 4.78 is 5.44. The zero-order valence-corrected chi connectivity index (χ0v) is 15.7. The minimum atomic E-state index is -0.375. The quantitative estimate of drug-likeness (QED) is 0.519. The number of nitrogens with one attached hydrogen (secondary N) is 2. The lowest BCUT2D eigenvalue weighted by molar-refractivity contribution is 0.102. The number of aromatic amines is 1. The zero-order valence-electron chi connectivity index (χ0n) is 14.9. The van der Waals surface area contributed by atoms with Gasteiger partial charge in [0, 0.05) is 17.1 Å². The van der Waals surface area contributed by atoms with Crippen LogP contribution in [0.5, 0.6) is 5.75 Å². The van der Waals surface area contributed by atoms with Gasteiger partial charge in [0.25, 0.3) is 5.91 Å². The van der Waals surface area contributed by atoms with Crippen molar-refractivity contribution in [1.82, 2.24) is 25.1 Å². The van der Waals surface area contributed by atoms with Crippen molar-refractivity contribution in [1.29, 1.82) is 0 Å². The molecule has 1 aromatic carbocycles. The SMILES string of the molecule is CCOc1ccc(-c2nc(C(=O)Nc3n[nH]c(-c4ccccn4)n3)cs2)cc1. The molecular formula is C19H16N6O2S. The van der Waals surface area contributed by atoms with Crippen LogP contribution < -0.4 is 10.1 Å². The van der Waals surface area contributed by atoms with E-state index in [1.165, 1.54) is 11.3 Å². The van der Waals surface area contributed by atoms with Crippen molar-refractivity contribution < 1.29 is 9.53 Å². The van der Waals surface area contributed by atoms with Crippen LogP contribution in [0.4, 0.5) is 5.95 Å². The highest BCUT2D eigenvalue weighted by molar-refractivity contribution is 7.13. The number of carbonyl (C=O) groups is 1. The van der Waals surface area contributed by atoms with Crippen molar-refractivity contribution in [2.24, 2.45) is 0 Å². The van der Waals surface area contributed by atoms with Crippen LogP contribution >= 0.6 is 11.3 Å². The van der Waals surface area contributed by atoms with Gasteiger partial charge in [-0.2, -0.15) is 4.98 Å². The summed E-state index contributed by atoms with van der Waals surface area (Å²) in [6, 6.07) is 13.1. The van der Waals surface area contributed by atoms with Crippen LogP contribution in [0.2, 0.25) is 0 Å². The van der Waals surface area contributed by atoms with Crippen LogP contribution in [0, 0.1) is 0 Å². The maximum absolute atomic E-state index is 12.4. The molecule has 0 saturated carbocycles. The van der Waals surface area contributed by atoms with Crippen LogP contribution in [-0.2, 0) is 0 Å². The van der Waals surface area contributed by atoms with Gasteiger partial charge in [-0.1, -0.05) is 6.07 Å². The molecule has 0 fully saturated rings. The number of H-pyrrole nitrogens is 1. The van der Waals surface area contributed by atoms with Gasteiger partial charge >= 0.3 is 0 Å². The summed E-state index contributed by atoms with van der Waals surface area (Å²) in [5, 5.41) is 11.9. The van der Waals surface area contributed by atoms with Crippen molar-refractivity contribution in [3.63, 3.8) is 0 Å². The third kappa shape index (κ3) is 3.89. The molecule has 0 aliphatic carbocycles. The Bertz CT molecular complexity index is 1080. The van der Waals surface area contributed by atoms with Crippen LogP contribution in [0.1, 0.15) is 17.4 Å². The lowest BCUT2D eigenvalue weighted by Gasteiger charge is -2.02. The predicted molar refractivity (Wildman–Crippen MR) is 106 cm³/mol. The summed E-state index contributed by atoms with van der Waals surface area (Å²) in [5.74, 6) is 1.07. The number of ether oxygens (including phenoxy) is 1. The average molecular weight is 392 g/mol. The minimum absolute atomic E-state index is 0.168. The molecule has 28 heavy (non-hydrogen) atoms. The standard InChI is InChI=1S/C19H16N6O2S/c1-2-27-13-8-6-12(7-9-13)18-21-15(11-28-18)17(26)23-19-22-16(24-25-19)14-5-3-4-10-20-14/h3-11H,2H2,1H3,(H2,22,23,24,25,26). The van der Waals surface area contributed by atoms with Gasteiger partial charge in [-0.25, -0.2) is 4.98 Å². The predicted octanol–water partition coefficient (Wildman–Crippen LogP) is 3.64. The normalized spacial score (nSPS) is 10.6. The molecule has 140 valence electrons. The fourth-order valence-corrected chi connectivity index (χ4v) is 3.28. The van der Waals surface area contributed by atoms with Crippen LogP contribution in [0.15, 0.2) is 54.0 Å². The monoisotopic (exact) mass is 392 g/mol. The van der Waals surface area contributed by atoms with E-state index < -0.39 is 0 Å². The average Bonchev–Trinajstić information content (AvgIpc) is 3.39. The maximum atomic E-state index is 12.4. The number of thiazole rings is 1. The van der Waals surface area contributed by atoms with Gasteiger partial charge in [0.15, 0.2) is 5.82 Å². The van der Waals surface area contributed by atoms with Gasteiger partial charge < -0.3 is 4.74 Å². The Balaban J connectivity index is 1.45. The number of anilines is 1. The second-order valence-corrected chi connectivity index (χ2v) is 6.53. The van der Waals surface area contributed by atoms with E-state index in [0.29, 0.717) is 23.8 Å². The van der Waals surface area contributed by atoms with Crippen molar-refractivity contribution in [3.8, 4) is 27.8 Å². The van der Waals surface area contributed by atoms with Gasteiger partial charge in [-0.15, -0.1) is 16.4 Å². The van der Waals surface area contributed by atoms with Crippen molar-refractivity contribution in [2.45, 2.75) is 6.92 Å². The van der Waals surface area contributed by atoms with Crippen LogP contribution in [0.3, 0.4) is 0 Å². The maximum Gasteiger partial charge on any atom is 0.277 e. The van der Waals surface area contributed by atoms with Crippen LogP contribution in [0.25, 0.3) is 22.1 Å². The minimum Gasteiger partial charge on any atom is -0.494 e. The van der Waals surface area contributed by atoms with Gasteiger partial charge in [0.2, 0.25) is 5.95 Å². The highest BCUT2D eigenvalue weighted by Gasteiger charge is 2.15. The molecule has 8 nitrogen and oxygen atoms in total. The first-order valence-electron chi connectivity index (χ1n) is 8.57. The van der Waals surface area contributed by atoms with Crippen molar-refractivity contribution >= 4 is 23.2 Å². The molecule has 4 rings (SSSR count). The van der Waals surface area contributed by atoms with E-state index in [1.54, 1.807) is 17.6 Å². The third-order valence-corrected chi connectivity index (χ3v) is 4.66. The third-order valence-electron chi connectivity index (χ3n) is 3.77. The van der Waals surface area contributed by atoms with Crippen molar-refractivity contribution in [2.75, 3.05) is 11.9 Å². The first kappa shape index (κ1) is 17.8. The Kier molecular flexibility index (Phi) is 5.07. The Morgan fingerprint density at radius 3 is 2.79 bits per heavy atom. The largest absolute Gasteiger partial charge is 0.494 e. The molecule has 9 heteroatoms. The number of hydrogen-bond donors (Lipinski definition) is 2. The van der Waals surface area contributed by atoms with Gasteiger partial charge in [-0.05, 0) is 43.3 Å². The highest BCUT2D eigenvalue weighted by atomic mass is 32.1. The first-order chi connectivity index (χ1) is 13.7. The molecule has 0 radical (unpaired) electrons. The molecule has 1 amide bonds. The van der Waals surface area contributed by atoms with E-state index in [0.717, 1.165) is 16.3 Å². The van der Waals surface area contributed by atoms with E-state index >= 15 is 0 Å². The zero-order chi connectivity index (χ0) is 19.3. The summed E-state index contributed by atoms with van der Waals surface area (Å²) in [5.41, 5.74) is 1.86. The molecule has 0 aliphatic heterocycles. The first-order valence-corrected chi connectivity index (χ1v) is 9.45. The molecule has 0 aliphatic rings. The number of rotatable bonds is 6. The molecular weight excluding hydrogens is 376 g/mol. The Labute approximate surface area is 164 Å². The number of pyridine rings is 1. The molecule has 0 saturated heterocycles. The topological polar surface area (TPSA) is 106 Å². The molecule has 0 atom stereocenters. The molecule has 0 unspecified atom stereocenters. The number of carbonyl (C=O) groups excluding carboxylic acids is 1. The van der Waals surface area contributed by atoms with E-state index in [-0.39, 0.29) is 11.9 Å². The summed E-state index contributed by atoms with van der Waals surface area (Å²) in [6.07, 6.45) is 1.66. The molecule has 0 spiro atoms. The second-order valence-electron chi connectivity index (χ2n) is 5.67. The summed E-state index contributed by atoms with van der Waals surface area (Å²) in [4.78, 5) is 25.3. The lowest BCUT2D eigenvalue weighted by atomic mass is 10.2. The Morgan fingerprint density at radius 1 is 1.18 bits per heavy atom. The number of hydrogen-bond acceptors (Lipinski definition) is 7. The smallest absolute Gasteiger partial charge is 0.277 e. The van der Waals surface area contributed by atoms with E-state index in [9.17, 15) is 4.79 Å². The van der Waals surface area contributed by atoms with E-state index in [2.05, 4.69) is 30.5 Å². The summed E-state index contributed by atoms with van der Waals surface area (Å²) in [7, 11) is 0. The fourth-order valence-electron chi connectivity index (χ4n) is 2.47. The molecule has 3 aromatic heterocycles. The molecule has 4 aromatic rings. The lowest BCUT2D eigenvalue weighted by Crippen LogP contribution is -2.13. The van der Waals surface area contributed by atoms with Gasteiger partial charge in [0.05, 0.1) is 6.61 Å². The number of nitrogens with zero attached hydrogens (tertiary/aromatic N) is 4. The number of aromatic nitrogens is 5.